The van der Waals surface area contributed by atoms with Gasteiger partial charge in [-0.3, -0.25) is 0 Å². The number of hydrogen-bond acceptors (Lipinski definition) is 6. The van der Waals surface area contributed by atoms with Crippen LogP contribution in [-0.2, 0) is 9.31 Å². The molecule has 0 spiro atoms. The fourth-order valence-electron chi connectivity index (χ4n) is 2.00. The normalized spacial score (nSPS) is 19.9. The van der Waals surface area contributed by atoms with Crippen LogP contribution in [0.3, 0.4) is 0 Å². The van der Waals surface area contributed by atoms with Gasteiger partial charge in [-0.15, -0.1) is 0 Å². The largest absolute Gasteiger partial charge is 0.502 e. The second kappa shape index (κ2) is 5.46. The summed E-state index contributed by atoms with van der Waals surface area (Å²) < 4.78 is 17.4. The highest BCUT2D eigenvalue weighted by Gasteiger charge is 2.52. The van der Waals surface area contributed by atoms with E-state index in [0.29, 0.717) is 17.3 Å². The van der Waals surface area contributed by atoms with E-state index in [1.165, 1.54) is 0 Å². The van der Waals surface area contributed by atoms with Crippen molar-refractivity contribution in [3.8, 4) is 5.88 Å². The van der Waals surface area contributed by atoms with Gasteiger partial charge in [0, 0.05) is 12.2 Å². The van der Waals surface area contributed by atoms with Crippen molar-refractivity contribution in [1.29, 1.82) is 0 Å². The van der Waals surface area contributed by atoms with Gasteiger partial charge in [0.25, 0.3) is 0 Å². The molecule has 0 unspecified atom stereocenters. The van der Waals surface area contributed by atoms with Crippen LogP contribution in [0.4, 0.5) is 5.95 Å². The standard InChI is InChI=1S/C14H24BN3O3/c1-9(2)17-12-16-8-10(11(18-12)19-7)15-20-13(3,4)14(5,6)21-15/h8-9H,1-7H3,(H,16,17,18). The minimum atomic E-state index is -0.530. The van der Waals surface area contributed by atoms with Crippen LogP contribution in [0.25, 0.3) is 0 Å². The van der Waals surface area contributed by atoms with Crippen LogP contribution in [0.15, 0.2) is 6.20 Å². The smallest absolute Gasteiger partial charge is 0.481 e. The van der Waals surface area contributed by atoms with Crippen LogP contribution in [0.5, 0.6) is 5.88 Å². The third-order valence-corrected chi connectivity index (χ3v) is 3.90. The van der Waals surface area contributed by atoms with Crippen molar-refractivity contribution in [2.75, 3.05) is 12.4 Å². The highest BCUT2D eigenvalue weighted by Crippen LogP contribution is 2.36. The summed E-state index contributed by atoms with van der Waals surface area (Å²) in [4.78, 5) is 8.67. The van der Waals surface area contributed by atoms with Gasteiger partial charge in [0.15, 0.2) is 0 Å². The fourth-order valence-corrected chi connectivity index (χ4v) is 2.00. The summed E-state index contributed by atoms with van der Waals surface area (Å²) in [5.41, 5.74) is -0.111. The van der Waals surface area contributed by atoms with Crippen molar-refractivity contribution in [3.05, 3.63) is 6.20 Å². The molecule has 7 heteroatoms. The van der Waals surface area contributed by atoms with E-state index in [1.807, 2.05) is 41.5 Å². The Hall–Kier alpha value is -1.34. The Morgan fingerprint density at radius 3 is 2.24 bits per heavy atom. The average molecular weight is 293 g/mol. The number of aromatic nitrogens is 2. The number of methoxy groups -OCH3 is 1. The second-order valence-electron chi connectivity index (χ2n) is 6.55. The molecule has 0 atom stereocenters. The van der Waals surface area contributed by atoms with Crippen LogP contribution in [0.2, 0.25) is 0 Å². The molecule has 1 aliphatic rings. The number of rotatable bonds is 4. The molecule has 0 aromatic carbocycles. The van der Waals surface area contributed by atoms with E-state index in [0.717, 1.165) is 0 Å². The molecule has 1 fully saturated rings. The third kappa shape index (κ3) is 3.13. The molecule has 1 saturated heterocycles. The van der Waals surface area contributed by atoms with Gasteiger partial charge in [-0.1, -0.05) is 0 Å². The van der Waals surface area contributed by atoms with Crippen molar-refractivity contribution in [2.24, 2.45) is 0 Å². The predicted octanol–water partition coefficient (Wildman–Crippen LogP) is 1.60. The Labute approximate surface area is 126 Å². The zero-order chi connectivity index (χ0) is 15.8. The van der Waals surface area contributed by atoms with Gasteiger partial charge >= 0.3 is 7.12 Å². The maximum Gasteiger partial charge on any atom is 0.502 e. The number of nitrogens with one attached hydrogen (secondary N) is 1. The summed E-state index contributed by atoms with van der Waals surface area (Å²) in [5, 5.41) is 3.15. The molecule has 21 heavy (non-hydrogen) atoms. The molecular weight excluding hydrogens is 269 g/mol. The maximum absolute atomic E-state index is 6.01. The first-order chi connectivity index (χ1) is 9.66. The lowest BCUT2D eigenvalue weighted by Gasteiger charge is -2.32. The summed E-state index contributed by atoms with van der Waals surface area (Å²) in [6.07, 6.45) is 1.69. The summed E-state index contributed by atoms with van der Waals surface area (Å²) in [6, 6.07) is 0.248. The molecule has 0 saturated carbocycles. The van der Waals surface area contributed by atoms with E-state index in [-0.39, 0.29) is 6.04 Å². The molecule has 0 radical (unpaired) electrons. The second-order valence-corrected chi connectivity index (χ2v) is 6.55. The van der Waals surface area contributed by atoms with E-state index in [2.05, 4.69) is 15.3 Å². The fraction of sp³-hybridized carbons (Fsp3) is 0.714. The highest BCUT2D eigenvalue weighted by atomic mass is 16.7. The van der Waals surface area contributed by atoms with Crippen LogP contribution in [-0.4, -0.2) is 41.4 Å². The van der Waals surface area contributed by atoms with Crippen LogP contribution in [0.1, 0.15) is 41.5 Å². The number of ether oxygens (including phenoxy) is 1. The lowest BCUT2D eigenvalue weighted by atomic mass is 9.81. The lowest BCUT2D eigenvalue weighted by Crippen LogP contribution is -2.41. The van der Waals surface area contributed by atoms with Crippen molar-refractivity contribution in [2.45, 2.75) is 58.8 Å². The monoisotopic (exact) mass is 293 g/mol. The zero-order valence-corrected chi connectivity index (χ0v) is 13.9. The third-order valence-electron chi connectivity index (χ3n) is 3.90. The van der Waals surface area contributed by atoms with Gasteiger partial charge < -0.3 is 19.4 Å². The van der Waals surface area contributed by atoms with Crippen LogP contribution >= 0.6 is 0 Å². The summed E-state index contributed by atoms with van der Waals surface area (Å²) in [6.45, 7) is 12.1. The van der Waals surface area contributed by atoms with E-state index in [9.17, 15) is 0 Å². The van der Waals surface area contributed by atoms with Crippen molar-refractivity contribution >= 4 is 18.5 Å². The first-order valence-corrected chi connectivity index (χ1v) is 7.19. The van der Waals surface area contributed by atoms with Crippen LogP contribution in [0, 0.1) is 0 Å². The lowest BCUT2D eigenvalue weighted by molar-refractivity contribution is 0.00578. The molecule has 0 aliphatic carbocycles. The first-order valence-electron chi connectivity index (χ1n) is 7.19. The molecule has 2 heterocycles. The zero-order valence-electron chi connectivity index (χ0n) is 13.9. The molecule has 1 aliphatic heterocycles. The van der Waals surface area contributed by atoms with Gasteiger partial charge in [-0.05, 0) is 41.5 Å². The Morgan fingerprint density at radius 1 is 1.19 bits per heavy atom. The molecule has 0 amide bonds. The molecule has 116 valence electrons. The number of nitrogens with zero attached hydrogens (tertiary/aromatic N) is 2. The average Bonchev–Trinajstić information content (AvgIpc) is 2.57. The van der Waals surface area contributed by atoms with Gasteiger partial charge in [-0.25, -0.2) is 4.98 Å². The predicted molar refractivity (Wildman–Crippen MR) is 83.1 cm³/mol. The highest BCUT2D eigenvalue weighted by molar-refractivity contribution is 6.63. The molecule has 0 bridgehead atoms. The molecule has 1 aromatic rings. The Bertz CT molecular complexity index is 504. The Balaban J connectivity index is 2.29. The van der Waals surface area contributed by atoms with Gasteiger partial charge in [0.1, 0.15) is 0 Å². The molecule has 1 N–H and O–H groups in total. The van der Waals surface area contributed by atoms with E-state index < -0.39 is 18.3 Å². The summed E-state index contributed by atoms with van der Waals surface area (Å²) in [7, 11) is 1.05. The molecule has 2 rings (SSSR count). The van der Waals surface area contributed by atoms with E-state index >= 15 is 0 Å². The minimum absolute atomic E-state index is 0.248. The first kappa shape index (κ1) is 16.0. The summed E-state index contributed by atoms with van der Waals surface area (Å²) >= 11 is 0. The topological polar surface area (TPSA) is 65.5 Å². The minimum Gasteiger partial charge on any atom is -0.481 e. The van der Waals surface area contributed by atoms with Crippen molar-refractivity contribution < 1.29 is 14.0 Å². The quantitative estimate of drug-likeness (QED) is 0.851. The molecule has 6 nitrogen and oxygen atoms in total. The summed E-state index contributed by atoms with van der Waals surface area (Å²) in [5.74, 6) is 0.994. The molecular formula is C14H24BN3O3. The number of anilines is 1. The van der Waals surface area contributed by atoms with Crippen molar-refractivity contribution in [1.82, 2.24) is 9.97 Å². The van der Waals surface area contributed by atoms with E-state index in [4.69, 9.17) is 14.0 Å². The Kier molecular flexibility index (Phi) is 4.17. The van der Waals surface area contributed by atoms with Gasteiger partial charge in [0.05, 0.1) is 23.8 Å². The SMILES string of the molecule is COc1nc(NC(C)C)ncc1B1OC(C)(C)C(C)(C)O1. The maximum atomic E-state index is 6.01. The van der Waals surface area contributed by atoms with Crippen molar-refractivity contribution in [3.63, 3.8) is 0 Å². The number of hydrogen-bond donors (Lipinski definition) is 1. The Morgan fingerprint density at radius 2 is 1.76 bits per heavy atom. The molecule has 1 aromatic heterocycles. The van der Waals surface area contributed by atoms with E-state index in [1.54, 1.807) is 13.3 Å². The van der Waals surface area contributed by atoms with Gasteiger partial charge in [0.2, 0.25) is 11.8 Å². The van der Waals surface area contributed by atoms with Gasteiger partial charge in [-0.2, -0.15) is 4.98 Å². The van der Waals surface area contributed by atoms with Crippen LogP contribution < -0.4 is 15.5 Å².